The number of anilines is 1. The standard InChI is InChI=1S/C15H16ClN3OS/c1-17-14-7-12(13(16)8-18-14)15(20)19(10-4-5-10)9-11-3-2-6-21-11/h2-3,6-8,10H,4-5,9H2,1H3,(H,17,18). The molecule has 2 heterocycles. The van der Waals surface area contributed by atoms with Crippen molar-refractivity contribution in [1.29, 1.82) is 0 Å². The molecular formula is C15H16ClN3OS. The predicted molar refractivity (Wildman–Crippen MR) is 86.0 cm³/mol. The zero-order chi connectivity index (χ0) is 14.8. The van der Waals surface area contributed by atoms with E-state index in [9.17, 15) is 4.79 Å². The van der Waals surface area contributed by atoms with E-state index in [0.717, 1.165) is 12.8 Å². The number of carbonyl (C=O) groups is 1. The van der Waals surface area contributed by atoms with Crippen molar-refractivity contribution in [3.05, 3.63) is 45.2 Å². The summed E-state index contributed by atoms with van der Waals surface area (Å²) in [4.78, 5) is 20.1. The highest BCUT2D eigenvalue weighted by Gasteiger charge is 2.34. The van der Waals surface area contributed by atoms with Crippen LogP contribution in [0, 0.1) is 0 Å². The summed E-state index contributed by atoms with van der Waals surface area (Å²) in [6.07, 6.45) is 3.66. The first-order valence-electron chi connectivity index (χ1n) is 6.85. The Morgan fingerprint density at radius 2 is 2.38 bits per heavy atom. The molecule has 1 fully saturated rings. The highest BCUT2D eigenvalue weighted by atomic mass is 35.5. The van der Waals surface area contributed by atoms with Gasteiger partial charge in [-0.15, -0.1) is 11.3 Å². The quantitative estimate of drug-likeness (QED) is 0.914. The number of thiophene rings is 1. The first kappa shape index (κ1) is 14.4. The van der Waals surface area contributed by atoms with Crippen molar-refractivity contribution in [1.82, 2.24) is 9.88 Å². The fraction of sp³-hybridized carbons (Fsp3) is 0.333. The van der Waals surface area contributed by atoms with Crippen LogP contribution in [-0.4, -0.2) is 28.9 Å². The van der Waals surface area contributed by atoms with Gasteiger partial charge in [0.15, 0.2) is 0 Å². The molecule has 1 aliphatic rings. The van der Waals surface area contributed by atoms with Crippen molar-refractivity contribution in [2.75, 3.05) is 12.4 Å². The first-order chi connectivity index (χ1) is 10.2. The van der Waals surface area contributed by atoms with Crippen LogP contribution in [0.25, 0.3) is 0 Å². The molecule has 2 aromatic rings. The molecule has 0 aliphatic heterocycles. The number of nitrogens with one attached hydrogen (secondary N) is 1. The second kappa shape index (κ2) is 6.03. The van der Waals surface area contributed by atoms with E-state index in [0.29, 0.717) is 29.0 Å². The molecule has 1 N–H and O–H groups in total. The number of carbonyl (C=O) groups excluding carboxylic acids is 1. The second-order valence-corrected chi connectivity index (χ2v) is 6.48. The lowest BCUT2D eigenvalue weighted by Crippen LogP contribution is -2.32. The third-order valence-corrected chi connectivity index (χ3v) is 4.66. The summed E-state index contributed by atoms with van der Waals surface area (Å²) in [6.45, 7) is 0.648. The van der Waals surface area contributed by atoms with E-state index in [2.05, 4.69) is 16.4 Å². The maximum Gasteiger partial charge on any atom is 0.256 e. The molecule has 1 amide bonds. The van der Waals surface area contributed by atoms with Crippen LogP contribution in [0.3, 0.4) is 0 Å². The van der Waals surface area contributed by atoms with Gasteiger partial charge in [-0.05, 0) is 30.4 Å². The average molecular weight is 322 g/mol. The van der Waals surface area contributed by atoms with Crippen molar-refractivity contribution in [3.8, 4) is 0 Å². The number of pyridine rings is 1. The van der Waals surface area contributed by atoms with E-state index >= 15 is 0 Å². The molecule has 0 saturated heterocycles. The maximum absolute atomic E-state index is 12.8. The third-order valence-electron chi connectivity index (χ3n) is 3.50. The molecule has 4 nitrogen and oxygen atoms in total. The average Bonchev–Trinajstić information content (AvgIpc) is 3.21. The van der Waals surface area contributed by atoms with Gasteiger partial charge in [0.25, 0.3) is 5.91 Å². The summed E-state index contributed by atoms with van der Waals surface area (Å²) in [6, 6.07) is 6.12. The molecule has 0 radical (unpaired) electrons. The van der Waals surface area contributed by atoms with E-state index in [1.54, 1.807) is 24.5 Å². The summed E-state index contributed by atoms with van der Waals surface area (Å²) in [5.41, 5.74) is 0.513. The second-order valence-electron chi connectivity index (χ2n) is 5.04. The molecule has 0 atom stereocenters. The van der Waals surface area contributed by atoms with E-state index in [-0.39, 0.29) is 5.91 Å². The van der Waals surface area contributed by atoms with Gasteiger partial charge < -0.3 is 10.2 Å². The first-order valence-corrected chi connectivity index (χ1v) is 8.11. The lowest BCUT2D eigenvalue weighted by Gasteiger charge is -2.22. The summed E-state index contributed by atoms with van der Waals surface area (Å²) in [5, 5.41) is 5.37. The number of hydrogen-bond acceptors (Lipinski definition) is 4. The fourth-order valence-electron chi connectivity index (χ4n) is 2.22. The Morgan fingerprint density at radius 3 is 3.00 bits per heavy atom. The topological polar surface area (TPSA) is 45.2 Å². The molecule has 2 aromatic heterocycles. The van der Waals surface area contributed by atoms with Crippen molar-refractivity contribution < 1.29 is 4.79 Å². The number of amides is 1. The summed E-state index contributed by atoms with van der Waals surface area (Å²) < 4.78 is 0. The fourth-order valence-corrected chi connectivity index (χ4v) is 3.10. The van der Waals surface area contributed by atoms with Gasteiger partial charge in [0.1, 0.15) is 5.82 Å². The molecule has 0 aromatic carbocycles. The van der Waals surface area contributed by atoms with Gasteiger partial charge in [-0.1, -0.05) is 17.7 Å². The molecule has 6 heteroatoms. The Kier molecular flexibility index (Phi) is 4.12. The van der Waals surface area contributed by atoms with Crippen LogP contribution in [0.5, 0.6) is 0 Å². The molecule has 1 aliphatic carbocycles. The minimum atomic E-state index is -0.0187. The van der Waals surface area contributed by atoms with Gasteiger partial charge >= 0.3 is 0 Å². The lowest BCUT2D eigenvalue weighted by atomic mass is 10.2. The normalized spacial score (nSPS) is 14.0. The predicted octanol–water partition coefficient (Wildman–Crippen LogP) is 3.64. The van der Waals surface area contributed by atoms with Crippen LogP contribution in [0.2, 0.25) is 5.02 Å². The van der Waals surface area contributed by atoms with Crippen molar-refractivity contribution >= 4 is 34.7 Å². The molecule has 110 valence electrons. The number of aromatic nitrogens is 1. The van der Waals surface area contributed by atoms with E-state index in [1.165, 1.54) is 11.1 Å². The molecule has 21 heavy (non-hydrogen) atoms. The Labute approximate surface area is 132 Å². The van der Waals surface area contributed by atoms with Gasteiger partial charge in [0.05, 0.1) is 17.1 Å². The van der Waals surface area contributed by atoms with E-state index < -0.39 is 0 Å². The van der Waals surface area contributed by atoms with Gasteiger partial charge in [-0.2, -0.15) is 0 Å². The van der Waals surface area contributed by atoms with Crippen LogP contribution in [-0.2, 0) is 6.54 Å². The SMILES string of the molecule is CNc1cc(C(=O)N(Cc2cccs2)C2CC2)c(Cl)cn1. The Morgan fingerprint density at radius 1 is 1.57 bits per heavy atom. The molecule has 0 spiro atoms. The number of halogens is 1. The van der Waals surface area contributed by atoms with Crippen molar-refractivity contribution in [2.45, 2.75) is 25.4 Å². The Bertz CT molecular complexity index is 640. The number of hydrogen-bond donors (Lipinski definition) is 1. The minimum Gasteiger partial charge on any atom is -0.373 e. The zero-order valence-corrected chi connectivity index (χ0v) is 13.2. The maximum atomic E-state index is 12.8. The van der Waals surface area contributed by atoms with Crippen molar-refractivity contribution in [2.24, 2.45) is 0 Å². The van der Waals surface area contributed by atoms with Gasteiger partial charge in [0, 0.05) is 24.2 Å². The highest BCUT2D eigenvalue weighted by molar-refractivity contribution is 7.09. The minimum absolute atomic E-state index is 0.0187. The van der Waals surface area contributed by atoms with Crippen molar-refractivity contribution in [3.63, 3.8) is 0 Å². The van der Waals surface area contributed by atoms with Crippen LogP contribution in [0.15, 0.2) is 29.8 Å². The Balaban J connectivity index is 1.87. The van der Waals surface area contributed by atoms with Gasteiger partial charge in [0.2, 0.25) is 0 Å². The van der Waals surface area contributed by atoms with Crippen LogP contribution < -0.4 is 5.32 Å². The zero-order valence-electron chi connectivity index (χ0n) is 11.7. The van der Waals surface area contributed by atoms with E-state index in [4.69, 9.17) is 11.6 Å². The number of nitrogens with zero attached hydrogens (tertiary/aromatic N) is 2. The van der Waals surface area contributed by atoms with Gasteiger partial charge in [-0.3, -0.25) is 4.79 Å². The Hall–Kier alpha value is -1.59. The number of rotatable bonds is 5. The summed E-state index contributed by atoms with van der Waals surface area (Å²) >= 11 is 7.83. The van der Waals surface area contributed by atoms with Crippen LogP contribution in [0.1, 0.15) is 28.1 Å². The van der Waals surface area contributed by atoms with E-state index in [1.807, 2.05) is 16.3 Å². The summed E-state index contributed by atoms with van der Waals surface area (Å²) in [5.74, 6) is 0.629. The monoisotopic (exact) mass is 321 g/mol. The molecule has 1 saturated carbocycles. The lowest BCUT2D eigenvalue weighted by molar-refractivity contribution is 0.0732. The van der Waals surface area contributed by atoms with Gasteiger partial charge in [-0.25, -0.2) is 4.98 Å². The molecular weight excluding hydrogens is 306 g/mol. The van der Waals surface area contributed by atoms with Crippen LogP contribution in [0.4, 0.5) is 5.82 Å². The molecule has 3 rings (SSSR count). The highest BCUT2D eigenvalue weighted by Crippen LogP contribution is 2.32. The van der Waals surface area contributed by atoms with Crippen LogP contribution >= 0.6 is 22.9 Å². The molecule has 0 unspecified atom stereocenters. The molecule has 0 bridgehead atoms. The summed E-state index contributed by atoms with van der Waals surface area (Å²) in [7, 11) is 1.77. The largest absolute Gasteiger partial charge is 0.373 e. The smallest absolute Gasteiger partial charge is 0.256 e. The third kappa shape index (κ3) is 3.19.